The number of fused-ring (bicyclic) bond motifs is 2. The largest absolute Gasteiger partial charge is 0.372 e. The van der Waals surface area contributed by atoms with Gasteiger partial charge in [-0.2, -0.15) is 0 Å². The molecule has 0 amide bonds. The van der Waals surface area contributed by atoms with Crippen LogP contribution in [-0.4, -0.2) is 36.2 Å². The highest BCUT2D eigenvalue weighted by Gasteiger charge is 2.34. The van der Waals surface area contributed by atoms with Crippen LogP contribution in [0.15, 0.2) is 59.1 Å². The molecule has 0 bridgehead atoms. The van der Waals surface area contributed by atoms with Crippen LogP contribution in [0, 0.1) is 6.92 Å². The number of benzene rings is 3. The van der Waals surface area contributed by atoms with Gasteiger partial charge in [-0.15, -0.1) is 0 Å². The molecule has 0 unspecified atom stereocenters. The fraction of sp³-hybridized carbons (Fsp3) is 0.259. The summed E-state index contributed by atoms with van der Waals surface area (Å²) in [6, 6.07) is 17.8. The molecule has 1 fully saturated rings. The van der Waals surface area contributed by atoms with Gasteiger partial charge in [-0.1, -0.05) is 47.1 Å². The van der Waals surface area contributed by atoms with Crippen molar-refractivity contribution in [1.82, 2.24) is 5.16 Å². The lowest BCUT2D eigenvalue weighted by Gasteiger charge is -2.37. The number of hydrogen-bond donors (Lipinski definition) is 1. The Labute approximate surface area is 192 Å². The number of hydrogen-bond acceptors (Lipinski definition) is 6. The van der Waals surface area contributed by atoms with Gasteiger partial charge in [0, 0.05) is 29.9 Å². The maximum Gasteiger partial charge on any atom is 0.196 e. The third-order valence-corrected chi connectivity index (χ3v) is 6.47. The van der Waals surface area contributed by atoms with E-state index in [-0.39, 0.29) is 18.0 Å². The first kappa shape index (κ1) is 20.0. The molecule has 2 heterocycles. The number of ether oxygens (including phenoxy) is 1. The maximum atomic E-state index is 13.7. The van der Waals surface area contributed by atoms with E-state index in [0.717, 1.165) is 46.6 Å². The molecular formula is C27H25N3O3. The van der Waals surface area contributed by atoms with Crippen molar-refractivity contribution < 1.29 is 14.1 Å². The van der Waals surface area contributed by atoms with E-state index in [2.05, 4.69) is 48.3 Å². The molecule has 1 N–H and O–H groups in total. The molecule has 2 atom stereocenters. The number of nitrogens with one attached hydrogen (secondary N) is 1. The van der Waals surface area contributed by atoms with Gasteiger partial charge in [0.05, 0.1) is 34.5 Å². The minimum Gasteiger partial charge on any atom is -0.372 e. The Kier molecular flexibility index (Phi) is 4.52. The quantitative estimate of drug-likeness (QED) is 0.389. The van der Waals surface area contributed by atoms with Gasteiger partial charge < -0.3 is 19.5 Å². The van der Waals surface area contributed by atoms with E-state index in [4.69, 9.17) is 9.26 Å². The average molecular weight is 440 g/mol. The number of aromatic nitrogens is 1. The van der Waals surface area contributed by atoms with Crippen LogP contribution >= 0.6 is 0 Å². The standard InChI is InChI=1S/C27H25N3O3/c1-15-8-10-18(11-9-15)28-21-12-22(30-13-16(2)32-17(3)14-30)25-24-23(21)26(31)19-6-4-5-7-20(19)27(24)33-29-25/h4-12,16-17,28H,13-14H2,1-3H3/t16-,17-/m1/s1. The van der Waals surface area contributed by atoms with Crippen LogP contribution in [0.25, 0.3) is 22.2 Å². The van der Waals surface area contributed by atoms with Crippen LogP contribution in [0.1, 0.15) is 35.3 Å². The first-order chi connectivity index (χ1) is 16.0. The Balaban J connectivity index is 1.60. The highest BCUT2D eigenvalue weighted by Crippen LogP contribution is 2.46. The van der Waals surface area contributed by atoms with E-state index >= 15 is 0 Å². The molecule has 33 heavy (non-hydrogen) atoms. The smallest absolute Gasteiger partial charge is 0.196 e. The van der Waals surface area contributed by atoms with Crippen LogP contribution in [0.3, 0.4) is 0 Å². The number of morpholine rings is 1. The summed E-state index contributed by atoms with van der Waals surface area (Å²) >= 11 is 0. The molecule has 6 heteroatoms. The van der Waals surface area contributed by atoms with Crippen LogP contribution in [0.2, 0.25) is 0 Å². The molecule has 1 aliphatic heterocycles. The van der Waals surface area contributed by atoms with Gasteiger partial charge >= 0.3 is 0 Å². The minimum absolute atomic E-state index is 0.0174. The number of carbonyl (C=O) groups is 1. The Morgan fingerprint density at radius 1 is 1.00 bits per heavy atom. The van der Waals surface area contributed by atoms with E-state index in [1.807, 2.05) is 42.5 Å². The third kappa shape index (κ3) is 3.21. The number of ketones is 1. The van der Waals surface area contributed by atoms with Crippen LogP contribution in [0.5, 0.6) is 0 Å². The Hall–Kier alpha value is -3.64. The number of carbonyl (C=O) groups excluding carboxylic acids is 1. The fourth-order valence-electron chi connectivity index (χ4n) is 5.05. The van der Waals surface area contributed by atoms with Crippen molar-refractivity contribution in [2.24, 2.45) is 0 Å². The van der Waals surface area contributed by atoms with Gasteiger partial charge in [-0.05, 0) is 39.0 Å². The average Bonchev–Trinajstić information content (AvgIpc) is 3.24. The summed E-state index contributed by atoms with van der Waals surface area (Å²) < 4.78 is 11.8. The normalized spacial score (nSPS) is 19.6. The zero-order valence-electron chi connectivity index (χ0n) is 18.9. The molecule has 3 aromatic carbocycles. The molecule has 0 spiro atoms. The molecule has 6 rings (SSSR count). The van der Waals surface area contributed by atoms with Crippen LogP contribution in [-0.2, 0) is 4.74 Å². The summed E-state index contributed by atoms with van der Waals surface area (Å²) in [6.45, 7) is 7.71. The first-order valence-corrected chi connectivity index (χ1v) is 11.3. The van der Waals surface area contributed by atoms with E-state index in [1.165, 1.54) is 5.56 Å². The SMILES string of the molecule is Cc1ccc(Nc2cc(N3C[C@@H](C)O[C@H](C)C3)c3noc4c3c2C(=O)c2ccccc2-4)cc1. The highest BCUT2D eigenvalue weighted by atomic mass is 16.5. The number of anilines is 3. The molecular weight excluding hydrogens is 414 g/mol. The van der Waals surface area contributed by atoms with Crippen molar-refractivity contribution in [3.8, 4) is 11.3 Å². The number of aryl methyl sites for hydroxylation is 1. The molecule has 166 valence electrons. The third-order valence-electron chi connectivity index (χ3n) is 6.47. The Morgan fingerprint density at radius 3 is 2.42 bits per heavy atom. The van der Waals surface area contributed by atoms with E-state index in [0.29, 0.717) is 16.9 Å². The summed E-state index contributed by atoms with van der Waals surface area (Å²) in [6.07, 6.45) is 0.192. The summed E-state index contributed by atoms with van der Waals surface area (Å²) in [7, 11) is 0. The van der Waals surface area contributed by atoms with Crippen molar-refractivity contribution in [1.29, 1.82) is 0 Å². The Bertz CT molecular complexity index is 1380. The minimum atomic E-state index is -0.0174. The molecule has 1 aromatic heterocycles. The molecule has 4 aromatic rings. The zero-order valence-corrected chi connectivity index (χ0v) is 18.9. The number of rotatable bonds is 3. The highest BCUT2D eigenvalue weighted by molar-refractivity contribution is 6.28. The first-order valence-electron chi connectivity index (χ1n) is 11.3. The second kappa shape index (κ2) is 7.46. The molecule has 0 radical (unpaired) electrons. The van der Waals surface area contributed by atoms with Crippen molar-refractivity contribution in [3.63, 3.8) is 0 Å². The molecule has 6 nitrogen and oxygen atoms in total. The fourth-order valence-corrected chi connectivity index (χ4v) is 5.05. The van der Waals surface area contributed by atoms with Gasteiger partial charge in [-0.3, -0.25) is 4.79 Å². The summed E-state index contributed by atoms with van der Waals surface area (Å²) in [5.74, 6) is 0.634. The molecule has 1 aliphatic carbocycles. The second-order valence-electron chi connectivity index (χ2n) is 9.08. The predicted molar refractivity (Wildman–Crippen MR) is 130 cm³/mol. The predicted octanol–water partition coefficient (Wildman–Crippen LogP) is 5.70. The van der Waals surface area contributed by atoms with Crippen LogP contribution in [0.4, 0.5) is 17.1 Å². The number of nitrogens with zero attached hydrogens (tertiary/aromatic N) is 2. The van der Waals surface area contributed by atoms with Gasteiger partial charge in [0.2, 0.25) is 0 Å². The van der Waals surface area contributed by atoms with Crippen molar-refractivity contribution in [2.75, 3.05) is 23.3 Å². The van der Waals surface area contributed by atoms with Gasteiger partial charge in [0.25, 0.3) is 0 Å². The Morgan fingerprint density at radius 2 is 1.70 bits per heavy atom. The molecule has 2 aliphatic rings. The van der Waals surface area contributed by atoms with Crippen molar-refractivity contribution in [3.05, 3.63) is 71.3 Å². The van der Waals surface area contributed by atoms with E-state index in [9.17, 15) is 4.79 Å². The maximum absolute atomic E-state index is 13.7. The second-order valence-corrected chi connectivity index (χ2v) is 9.08. The van der Waals surface area contributed by atoms with Crippen molar-refractivity contribution in [2.45, 2.75) is 33.0 Å². The van der Waals surface area contributed by atoms with E-state index in [1.54, 1.807) is 0 Å². The van der Waals surface area contributed by atoms with Crippen LogP contribution < -0.4 is 10.2 Å². The van der Waals surface area contributed by atoms with Gasteiger partial charge in [0.1, 0.15) is 5.52 Å². The van der Waals surface area contributed by atoms with Gasteiger partial charge in [0.15, 0.2) is 11.5 Å². The lowest BCUT2D eigenvalue weighted by molar-refractivity contribution is -0.00515. The van der Waals surface area contributed by atoms with Crippen molar-refractivity contribution >= 4 is 33.7 Å². The lowest BCUT2D eigenvalue weighted by atomic mass is 9.86. The lowest BCUT2D eigenvalue weighted by Crippen LogP contribution is -2.45. The summed E-state index contributed by atoms with van der Waals surface area (Å²) in [5.41, 5.74) is 6.58. The molecule has 0 saturated carbocycles. The zero-order chi connectivity index (χ0) is 22.7. The monoisotopic (exact) mass is 439 g/mol. The molecule has 1 saturated heterocycles. The summed E-state index contributed by atoms with van der Waals surface area (Å²) in [4.78, 5) is 16.0. The van der Waals surface area contributed by atoms with E-state index < -0.39 is 0 Å². The van der Waals surface area contributed by atoms with Gasteiger partial charge in [-0.25, -0.2) is 0 Å². The topological polar surface area (TPSA) is 67.6 Å². The summed E-state index contributed by atoms with van der Waals surface area (Å²) in [5, 5.41) is 8.76.